The average molecular weight is 248 g/mol. The Balaban J connectivity index is 3.36. The maximum Gasteiger partial charge on any atom is 0.455 e. The molecule has 0 bridgehead atoms. The quantitative estimate of drug-likeness (QED) is 0.771. The summed E-state index contributed by atoms with van der Waals surface area (Å²) >= 11 is 0. The molecule has 0 aliphatic heterocycles. The van der Waals surface area contributed by atoms with E-state index >= 15 is 0 Å². The van der Waals surface area contributed by atoms with Crippen molar-refractivity contribution >= 4 is 5.78 Å². The van der Waals surface area contributed by atoms with Crippen LogP contribution in [0.15, 0.2) is 12.1 Å². The molecule has 1 rings (SSSR count). The summed E-state index contributed by atoms with van der Waals surface area (Å²) in [5.41, 5.74) is 0.0329. The summed E-state index contributed by atoms with van der Waals surface area (Å²) in [6.45, 7) is 1.64. The number of rotatable bonds is 3. The number of benzene rings is 1. The Morgan fingerprint density at radius 1 is 1.12 bits per heavy atom. The number of carbonyl (C=O) groups excluding carboxylic acids is 1. The van der Waals surface area contributed by atoms with Crippen molar-refractivity contribution in [2.75, 3.05) is 14.2 Å². The van der Waals surface area contributed by atoms with Crippen LogP contribution < -0.4 is 9.47 Å². The minimum Gasteiger partial charge on any atom is -0.496 e. The first kappa shape index (κ1) is 13.3. The van der Waals surface area contributed by atoms with Gasteiger partial charge in [0, 0.05) is 0 Å². The predicted molar refractivity (Wildman–Crippen MR) is 54.7 cm³/mol. The summed E-state index contributed by atoms with van der Waals surface area (Å²) in [7, 11) is 2.52. The number of carbonyl (C=O) groups is 1. The van der Waals surface area contributed by atoms with E-state index in [0.29, 0.717) is 5.56 Å². The normalized spacial score (nSPS) is 11.2. The Hall–Kier alpha value is -1.72. The molecular formula is C11H11F3O3. The molecule has 17 heavy (non-hydrogen) atoms. The first-order chi connectivity index (χ1) is 7.81. The highest BCUT2D eigenvalue weighted by molar-refractivity contribution is 6.03. The molecule has 0 amide bonds. The van der Waals surface area contributed by atoms with Crippen LogP contribution in [0.2, 0.25) is 0 Å². The molecule has 3 nitrogen and oxygen atoms in total. The Bertz CT molecular complexity index is 438. The van der Waals surface area contributed by atoms with Gasteiger partial charge in [0.15, 0.2) is 0 Å². The second-order valence-corrected chi connectivity index (χ2v) is 3.35. The fourth-order valence-electron chi connectivity index (χ4n) is 1.38. The summed E-state index contributed by atoms with van der Waals surface area (Å²) in [6.07, 6.45) is -4.94. The zero-order valence-corrected chi connectivity index (χ0v) is 9.51. The van der Waals surface area contributed by atoms with Crippen LogP contribution in [-0.2, 0) is 0 Å². The molecule has 1 aromatic carbocycles. The van der Waals surface area contributed by atoms with E-state index in [1.165, 1.54) is 20.3 Å². The van der Waals surface area contributed by atoms with Crippen LogP contribution in [0.3, 0.4) is 0 Å². The average Bonchev–Trinajstić information content (AvgIpc) is 2.26. The van der Waals surface area contributed by atoms with Gasteiger partial charge >= 0.3 is 6.18 Å². The van der Waals surface area contributed by atoms with E-state index < -0.39 is 17.5 Å². The maximum atomic E-state index is 12.3. The van der Waals surface area contributed by atoms with E-state index in [-0.39, 0.29) is 11.5 Å². The molecule has 0 aromatic heterocycles. The molecule has 0 radical (unpaired) electrons. The van der Waals surface area contributed by atoms with Gasteiger partial charge in [0.2, 0.25) is 0 Å². The van der Waals surface area contributed by atoms with E-state index in [0.717, 1.165) is 6.07 Å². The molecule has 0 heterocycles. The molecule has 0 aliphatic carbocycles. The lowest BCUT2D eigenvalue weighted by molar-refractivity contribution is -0.0886. The van der Waals surface area contributed by atoms with Crippen molar-refractivity contribution in [2.45, 2.75) is 13.1 Å². The summed E-state index contributed by atoms with van der Waals surface area (Å²) in [4.78, 5) is 11.2. The highest BCUT2D eigenvalue weighted by Gasteiger charge is 2.41. The molecule has 0 saturated heterocycles. The number of halogens is 3. The lowest BCUT2D eigenvalue weighted by Crippen LogP contribution is -2.23. The first-order valence-corrected chi connectivity index (χ1v) is 4.65. The van der Waals surface area contributed by atoms with Crippen molar-refractivity contribution in [3.05, 3.63) is 23.3 Å². The number of ketones is 1. The third-order valence-electron chi connectivity index (χ3n) is 2.22. The van der Waals surface area contributed by atoms with E-state index in [2.05, 4.69) is 0 Å². The van der Waals surface area contributed by atoms with Crippen molar-refractivity contribution in [3.63, 3.8) is 0 Å². The second kappa shape index (κ2) is 4.65. The van der Waals surface area contributed by atoms with Gasteiger partial charge in [-0.2, -0.15) is 13.2 Å². The fraction of sp³-hybridized carbons (Fsp3) is 0.364. The molecule has 0 N–H and O–H groups in total. The highest BCUT2D eigenvalue weighted by Crippen LogP contribution is 2.32. The molecule has 6 heteroatoms. The number of aryl methyl sites for hydroxylation is 1. The van der Waals surface area contributed by atoms with E-state index in [1.54, 1.807) is 6.92 Å². The van der Waals surface area contributed by atoms with Crippen LogP contribution in [-0.4, -0.2) is 26.2 Å². The number of hydrogen-bond donors (Lipinski definition) is 0. The fourth-order valence-corrected chi connectivity index (χ4v) is 1.38. The molecule has 0 saturated carbocycles. The summed E-state index contributed by atoms with van der Waals surface area (Å²) in [6, 6.07) is 2.36. The van der Waals surface area contributed by atoms with Crippen molar-refractivity contribution in [1.29, 1.82) is 0 Å². The molecular weight excluding hydrogens is 237 g/mol. The maximum absolute atomic E-state index is 12.3. The van der Waals surface area contributed by atoms with Crippen LogP contribution in [0.5, 0.6) is 11.5 Å². The molecule has 0 atom stereocenters. The predicted octanol–water partition coefficient (Wildman–Crippen LogP) is 2.76. The van der Waals surface area contributed by atoms with Gasteiger partial charge in [0.1, 0.15) is 11.5 Å². The van der Waals surface area contributed by atoms with E-state index in [9.17, 15) is 18.0 Å². The van der Waals surface area contributed by atoms with Crippen LogP contribution >= 0.6 is 0 Å². The van der Waals surface area contributed by atoms with Gasteiger partial charge in [0.05, 0.1) is 19.8 Å². The third kappa shape index (κ3) is 2.69. The topological polar surface area (TPSA) is 35.5 Å². The Kier molecular flexibility index (Phi) is 3.65. The molecule has 0 aliphatic rings. The minimum absolute atomic E-state index is 0.120. The second-order valence-electron chi connectivity index (χ2n) is 3.35. The van der Waals surface area contributed by atoms with Gasteiger partial charge in [0.25, 0.3) is 5.78 Å². The molecule has 0 unspecified atom stereocenters. The first-order valence-electron chi connectivity index (χ1n) is 4.65. The lowest BCUT2D eigenvalue weighted by Gasteiger charge is -2.13. The Morgan fingerprint density at radius 2 is 1.65 bits per heavy atom. The number of alkyl halides is 3. The van der Waals surface area contributed by atoms with E-state index in [1.807, 2.05) is 0 Å². The Labute approximate surface area is 96.1 Å². The van der Waals surface area contributed by atoms with Gasteiger partial charge in [-0.15, -0.1) is 0 Å². The van der Waals surface area contributed by atoms with Gasteiger partial charge < -0.3 is 9.47 Å². The van der Waals surface area contributed by atoms with Crippen LogP contribution in [0.1, 0.15) is 15.9 Å². The van der Waals surface area contributed by atoms with Crippen molar-refractivity contribution in [1.82, 2.24) is 0 Å². The number of hydrogen-bond acceptors (Lipinski definition) is 3. The molecule has 0 fully saturated rings. The van der Waals surface area contributed by atoms with Crippen LogP contribution in [0, 0.1) is 6.92 Å². The molecule has 94 valence electrons. The number of methoxy groups -OCH3 is 2. The van der Waals surface area contributed by atoms with Crippen molar-refractivity contribution in [3.8, 4) is 11.5 Å². The number of ether oxygens (including phenoxy) is 2. The van der Waals surface area contributed by atoms with Gasteiger partial charge in [-0.3, -0.25) is 4.79 Å². The van der Waals surface area contributed by atoms with Gasteiger partial charge in [-0.25, -0.2) is 0 Å². The summed E-state index contributed by atoms with van der Waals surface area (Å²) < 4.78 is 46.7. The van der Waals surface area contributed by atoms with Crippen LogP contribution in [0.4, 0.5) is 13.2 Å². The third-order valence-corrected chi connectivity index (χ3v) is 2.22. The largest absolute Gasteiger partial charge is 0.496 e. The SMILES string of the molecule is COc1cc(C(=O)C(F)(F)F)c(OC)cc1C. The monoisotopic (exact) mass is 248 g/mol. The highest BCUT2D eigenvalue weighted by atomic mass is 19.4. The summed E-state index contributed by atoms with van der Waals surface area (Å²) in [5.74, 6) is -1.86. The zero-order chi connectivity index (χ0) is 13.2. The van der Waals surface area contributed by atoms with Gasteiger partial charge in [-0.1, -0.05) is 0 Å². The standard InChI is InChI=1S/C11H11F3O3/c1-6-4-9(17-3)7(5-8(6)16-2)10(15)11(12,13)14/h4-5H,1-3H3. The minimum atomic E-state index is -4.94. The van der Waals surface area contributed by atoms with Crippen LogP contribution in [0.25, 0.3) is 0 Å². The number of Topliss-reactive ketones (excluding diaryl/α,β-unsaturated/α-hetero) is 1. The molecule has 1 aromatic rings. The smallest absolute Gasteiger partial charge is 0.455 e. The zero-order valence-electron chi connectivity index (χ0n) is 9.51. The lowest BCUT2D eigenvalue weighted by atomic mass is 10.1. The van der Waals surface area contributed by atoms with E-state index in [4.69, 9.17) is 9.47 Å². The molecule has 0 spiro atoms. The van der Waals surface area contributed by atoms with Crippen molar-refractivity contribution in [2.24, 2.45) is 0 Å². The Morgan fingerprint density at radius 3 is 2.06 bits per heavy atom. The summed E-state index contributed by atoms with van der Waals surface area (Å²) in [5, 5.41) is 0. The van der Waals surface area contributed by atoms with Crippen molar-refractivity contribution < 1.29 is 27.4 Å². The van der Waals surface area contributed by atoms with Gasteiger partial charge in [-0.05, 0) is 24.6 Å².